The molecule has 3 heterocycles. The Morgan fingerprint density at radius 2 is 2.12 bits per heavy atom. The maximum Gasteiger partial charge on any atom is 0.255 e. The van der Waals surface area contributed by atoms with Gasteiger partial charge < -0.3 is 9.80 Å². The van der Waals surface area contributed by atoms with Crippen LogP contribution in [0, 0.1) is 6.92 Å². The molecule has 2 aromatic heterocycles. The van der Waals surface area contributed by atoms with E-state index in [2.05, 4.69) is 20.2 Å². The number of anilines is 1. The maximum absolute atomic E-state index is 13.0. The predicted octanol–water partition coefficient (Wildman–Crippen LogP) is 1.13. The van der Waals surface area contributed by atoms with Gasteiger partial charge in [-0.25, -0.2) is 4.98 Å². The van der Waals surface area contributed by atoms with E-state index >= 15 is 0 Å². The first-order valence-electron chi connectivity index (χ1n) is 8.80. The Bertz CT molecular complexity index is 876. The van der Waals surface area contributed by atoms with Crippen molar-refractivity contribution < 1.29 is 4.79 Å². The highest BCUT2D eigenvalue weighted by Gasteiger charge is 2.30. The summed E-state index contributed by atoms with van der Waals surface area (Å²) in [6, 6.07) is 3.33. The number of hydrogen-bond donors (Lipinski definition) is 1. The van der Waals surface area contributed by atoms with Crippen molar-refractivity contribution >= 4 is 11.9 Å². The van der Waals surface area contributed by atoms with E-state index in [1.165, 1.54) is 6.07 Å². The lowest BCUT2D eigenvalue weighted by Crippen LogP contribution is -2.30. The molecular weight excluding hydrogens is 332 g/mol. The molecule has 1 atom stereocenters. The van der Waals surface area contributed by atoms with Gasteiger partial charge in [-0.15, -0.1) is 0 Å². The number of hydrogen-bond acceptors (Lipinski definition) is 6. The molecule has 8 nitrogen and oxygen atoms in total. The summed E-state index contributed by atoms with van der Waals surface area (Å²) in [5.74, 6) is 0.556. The SMILES string of the molecule is CCc1nnc(C)cc1C(=O)N1CCC(c2cc(=O)[nH]c(N(C)C)n2)C1. The summed E-state index contributed by atoms with van der Waals surface area (Å²) in [7, 11) is 3.66. The standard InChI is InChI=1S/C18H24N6O2/c1-5-14-13(8-11(2)21-22-14)17(26)24-7-6-12(10-24)15-9-16(25)20-18(19-15)23(3)4/h8-9,12H,5-7,10H2,1-4H3,(H,19,20,25). The van der Waals surface area contributed by atoms with Gasteiger partial charge in [-0.1, -0.05) is 6.92 Å². The third-order valence-corrected chi connectivity index (χ3v) is 4.62. The fourth-order valence-electron chi connectivity index (χ4n) is 3.20. The minimum absolute atomic E-state index is 0.0278. The van der Waals surface area contributed by atoms with E-state index in [0.29, 0.717) is 36.7 Å². The van der Waals surface area contributed by atoms with E-state index in [9.17, 15) is 9.59 Å². The lowest BCUT2D eigenvalue weighted by molar-refractivity contribution is 0.0788. The summed E-state index contributed by atoms with van der Waals surface area (Å²) in [6.45, 7) is 4.98. The number of carbonyl (C=O) groups is 1. The second-order valence-corrected chi connectivity index (χ2v) is 6.82. The average Bonchev–Trinajstić information content (AvgIpc) is 3.10. The Balaban J connectivity index is 1.82. The number of likely N-dealkylation sites (tertiary alicyclic amines) is 1. The molecule has 1 unspecified atom stereocenters. The third kappa shape index (κ3) is 3.58. The van der Waals surface area contributed by atoms with Crippen LogP contribution in [0.1, 0.15) is 46.7 Å². The molecule has 2 aromatic rings. The molecule has 0 aromatic carbocycles. The number of nitrogens with one attached hydrogen (secondary N) is 1. The van der Waals surface area contributed by atoms with Crippen molar-refractivity contribution in [2.24, 2.45) is 0 Å². The first-order valence-corrected chi connectivity index (χ1v) is 8.80. The van der Waals surface area contributed by atoms with Gasteiger partial charge in [-0.2, -0.15) is 10.2 Å². The van der Waals surface area contributed by atoms with Crippen molar-refractivity contribution in [3.63, 3.8) is 0 Å². The Kier molecular flexibility index (Phi) is 5.01. The third-order valence-electron chi connectivity index (χ3n) is 4.62. The molecule has 1 aliphatic rings. The highest BCUT2D eigenvalue weighted by molar-refractivity contribution is 5.95. The summed E-state index contributed by atoms with van der Waals surface area (Å²) in [5.41, 5.74) is 2.62. The second kappa shape index (κ2) is 7.23. The summed E-state index contributed by atoms with van der Waals surface area (Å²) >= 11 is 0. The van der Waals surface area contributed by atoms with Crippen molar-refractivity contribution in [3.05, 3.63) is 45.1 Å². The lowest BCUT2D eigenvalue weighted by atomic mass is 10.0. The number of carbonyl (C=O) groups excluding carboxylic acids is 1. The first-order chi connectivity index (χ1) is 12.4. The van der Waals surface area contributed by atoms with Crippen LogP contribution in [0.4, 0.5) is 5.95 Å². The van der Waals surface area contributed by atoms with Crippen LogP contribution in [0.2, 0.25) is 0 Å². The summed E-state index contributed by atoms with van der Waals surface area (Å²) < 4.78 is 0. The molecule has 1 saturated heterocycles. The fraction of sp³-hybridized carbons (Fsp3) is 0.500. The minimum atomic E-state index is -0.175. The van der Waals surface area contributed by atoms with Crippen molar-refractivity contribution in [2.45, 2.75) is 32.6 Å². The van der Waals surface area contributed by atoms with Gasteiger partial charge in [0.25, 0.3) is 11.5 Å². The average molecular weight is 356 g/mol. The molecule has 1 N–H and O–H groups in total. The van der Waals surface area contributed by atoms with Gasteiger partial charge in [0.1, 0.15) is 0 Å². The van der Waals surface area contributed by atoms with E-state index in [1.54, 1.807) is 11.0 Å². The highest BCUT2D eigenvalue weighted by Crippen LogP contribution is 2.27. The molecule has 0 spiro atoms. The number of aromatic nitrogens is 4. The zero-order valence-corrected chi connectivity index (χ0v) is 15.6. The quantitative estimate of drug-likeness (QED) is 0.882. The Morgan fingerprint density at radius 1 is 1.35 bits per heavy atom. The summed E-state index contributed by atoms with van der Waals surface area (Å²) in [5, 5.41) is 8.19. The zero-order chi connectivity index (χ0) is 18.8. The molecule has 0 radical (unpaired) electrons. The number of rotatable bonds is 4. The second-order valence-electron chi connectivity index (χ2n) is 6.82. The topological polar surface area (TPSA) is 95.1 Å². The highest BCUT2D eigenvalue weighted by atomic mass is 16.2. The van der Waals surface area contributed by atoms with Gasteiger partial charge in [0, 0.05) is 39.2 Å². The van der Waals surface area contributed by atoms with Gasteiger partial charge in [0.2, 0.25) is 5.95 Å². The molecule has 8 heteroatoms. The molecule has 1 aliphatic heterocycles. The van der Waals surface area contributed by atoms with Gasteiger partial charge in [-0.3, -0.25) is 14.6 Å². The van der Waals surface area contributed by atoms with Crippen LogP contribution >= 0.6 is 0 Å². The molecule has 0 saturated carbocycles. The molecule has 0 bridgehead atoms. The molecule has 0 aliphatic carbocycles. The molecular formula is C18H24N6O2. The largest absolute Gasteiger partial charge is 0.348 e. The van der Waals surface area contributed by atoms with E-state index in [1.807, 2.05) is 32.8 Å². The molecule has 1 fully saturated rings. The van der Waals surface area contributed by atoms with Crippen LogP contribution in [0.3, 0.4) is 0 Å². The lowest BCUT2D eigenvalue weighted by Gasteiger charge is -2.18. The monoisotopic (exact) mass is 356 g/mol. The Hall–Kier alpha value is -2.77. The maximum atomic E-state index is 13.0. The summed E-state index contributed by atoms with van der Waals surface area (Å²) in [4.78, 5) is 35.7. The molecule has 26 heavy (non-hydrogen) atoms. The smallest absolute Gasteiger partial charge is 0.255 e. The van der Waals surface area contributed by atoms with E-state index in [0.717, 1.165) is 17.8 Å². The van der Waals surface area contributed by atoms with Gasteiger partial charge in [-0.05, 0) is 25.8 Å². The number of nitrogens with zero attached hydrogens (tertiary/aromatic N) is 5. The van der Waals surface area contributed by atoms with E-state index < -0.39 is 0 Å². The molecule has 3 rings (SSSR count). The van der Waals surface area contributed by atoms with E-state index in [4.69, 9.17) is 0 Å². The van der Waals surface area contributed by atoms with Crippen LogP contribution in [0.15, 0.2) is 16.9 Å². The molecule has 138 valence electrons. The van der Waals surface area contributed by atoms with Crippen LogP contribution in [-0.4, -0.2) is 58.2 Å². The van der Waals surface area contributed by atoms with Crippen LogP contribution < -0.4 is 10.5 Å². The minimum Gasteiger partial charge on any atom is -0.348 e. The van der Waals surface area contributed by atoms with Crippen LogP contribution in [0.25, 0.3) is 0 Å². The van der Waals surface area contributed by atoms with Gasteiger partial charge in [0.15, 0.2) is 0 Å². The van der Waals surface area contributed by atoms with Crippen molar-refractivity contribution in [2.75, 3.05) is 32.1 Å². The molecule has 1 amide bonds. The van der Waals surface area contributed by atoms with Gasteiger partial charge >= 0.3 is 0 Å². The zero-order valence-electron chi connectivity index (χ0n) is 15.6. The number of aromatic amines is 1. The van der Waals surface area contributed by atoms with Crippen molar-refractivity contribution in [1.82, 2.24) is 25.1 Å². The Morgan fingerprint density at radius 3 is 2.81 bits per heavy atom. The normalized spacial score (nSPS) is 16.8. The number of aryl methyl sites for hydroxylation is 2. The predicted molar refractivity (Wildman–Crippen MR) is 98.6 cm³/mol. The Labute approximate surface area is 152 Å². The fourth-order valence-corrected chi connectivity index (χ4v) is 3.20. The van der Waals surface area contributed by atoms with Gasteiger partial charge in [0.05, 0.1) is 22.6 Å². The van der Waals surface area contributed by atoms with E-state index in [-0.39, 0.29) is 17.4 Å². The summed E-state index contributed by atoms with van der Waals surface area (Å²) in [6.07, 6.45) is 1.45. The van der Waals surface area contributed by atoms with Crippen molar-refractivity contribution in [1.29, 1.82) is 0 Å². The first kappa shape index (κ1) is 18.0. The number of H-pyrrole nitrogens is 1. The van der Waals surface area contributed by atoms with Crippen LogP contribution in [-0.2, 0) is 6.42 Å². The van der Waals surface area contributed by atoms with Crippen LogP contribution in [0.5, 0.6) is 0 Å². The van der Waals surface area contributed by atoms with Crippen molar-refractivity contribution in [3.8, 4) is 0 Å². The number of amides is 1.